The molecule has 0 saturated carbocycles. The molecular formula is C18H33ClN2O5S. The van der Waals surface area contributed by atoms with Crippen LogP contribution < -0.4 is 5.32 Å². The molecule has 0 aliphatic carbocycles. The second-order valence-corrected chi connectivity index (χ2v) is 9.36. The number of aliphatic hydroxyl groups excluding tert-OH is 3. The van der Waals surface area contributed by atoms with Crippen LogP contribution in [-0.2, 0) is 9.53 Å². The maximum atomic E-state index is 12.9. The van der Waals surface area contributed by atoms with Crippen LogP contribution in [0.15, 0.2) is 0 Å². The zero-order chi connectivity index (χ0) is 20.3. The van der Waals surface area contributed by atoms with E-state index in [-0.39, 0.29) is 11.9 Å². The molecule has 2 heterocycles. The molecule has 9 heteroatoms. The third-order valence-electron chi connectivity index (χ3n) is 5.63. The summed E-state index contributed by atoms with van der Waals surface area (Å²) in [6.45, 7) is 4.74. The number of amides is 1. The van der Waals surface area contributed by atoms with Gasteiger partial charge in [-0.05, 0) is 39.0 Å². The first-order valence-electron chi connectivity index (χ1n) is 9.58. The Bertz CT molecular complexity index is 498. The zero-order valence-corrected chi connectivity index (χ0v) is 18.0. The summed E-state index contributed by atoms with van der Waals surface area (Å²) in [6.07, 6.45) is -0.0980. The van der Waals surface area contributed by atoms with Crippen LogP contribution in [0.4, 0.5) is 0 Å². The van der Waals surface area contributed by atoms with Crippen molar-refractivity contribution in [2.45, 2.75) is 80.4 Å². The first-order chi connectivity index (χ1) is 12.7. The molecule has 0 spiro atoms. The first kappa shape index (κ1) is 23.2. The topological polar surface area (TPSA) is 102 Å². The number of alkyl halides is 1. The van der Waals surface area contributed by atoms with E-state index in [0.29, 0.717) is 5.92 Å². The van der Waals surface area contributed by atoms with Gasteiger partial charge in [0.15, 0.2) is 0 Å². The highest BCUT2D eigenvalue weighted by atomic mass is 35.5. The fourth-order valence-electron chi connectivity index (χ4n) is 4.11. The fourth-order valence-corrected chi connectivity index (χ4v) is 5.00. The number of nitrogens with zero attached hydrogens (tertiary/aromatic N) is 1. The Morgan fingerprint density at radius 1 is 1.33 bits per heavy atom. The minimum atomic E-state index is -1.36. The van der Waals surface area contributed by atoms with Gasteiger partial charge in [0.25, 0.3) is 0 Å². The molecule has 5 unspecified atom stereocenters. The van der Waals surface area contributed by atoms with Gasteiger partial charge in [0.1, 0.15) is 29.9 Å². The number of rotatable bonds is 7. The zero-order valence-electron chi connectivity index (χ0n) is 16.4. The van der Waals surface area contributed by atoms with Gasteiger partial charge in [-0.3, -0.25) is 9.69 Å². The number of thioether (sulfide) groups is 1. The Balaban J connectivity index is 2.09. The van der Waals surface area contributed by atoms with Crippen LogP contribution in [0.1, 0.15) is 33.1 Å². The van der Waals surface area contributed by atoms with Crippen molar-refractivity contribution in [3.05, 3.63) is 0 Å². The second kappa shape index (κ2) is 10.1. The Morgan fingerprint density at radius 2 is 2.00 bits per heavy atom. The normalized spacial score (nSPS) is 39.9. The van der Waals surface area contributed by atoms with E-state index >= 15 is 0 Å². The lowest BCUT2D eigenvalue weighted by molar-refractivity contribution is -0.205. The molecule has 1 amide bonds. The third kappa shape index (κ3) is 5.29. The third-order valence-corrected chi connectivity index (χ3v) is 6.76. The van der Waals surface area contributed by atoms with E-state index in [0.717, 1.165) is 25.8 Å². The summed E-state index contributed by atoms with van der Waals surface area (Å²) in [5, 5.41) is 33.0. The van der Waals surface area contributed by atoms with Gasteiger partial charge in [0, 0.05) is 6.54 Å². The van der Waals surface area contributed by atoms with Crippen LogP contribution in [0, 0.1) is 5.92 Å². The van der Waals surface area contributed by atoms with Crippen LogP contribution in [0.25, 0.3) is 0 Å². The number of ether oxygens (including phenoxy) is 1. The van der Waals surface area contributed by atoms with E-state index in [9.17, 15) is 20.1 Å². The minimum absolute atomic E-state index is 0.147. The summed E-state index contributed by atoms with van der Waals surface area (Å²) in [5.74, 6) is 0.350. The summed E-state index contributed by atoms with van der Waals surface area (Å²) < 4.78 is 5.79. The van der Waals surface area contributed by atoms with Crippen molar-refractivity contribution in [2.75, 3.05) is 19.8 Å². The second-order valence-electron chi connectivity index (χ2n) is 7.73. The predicted octanol–water partition coefficient (Wildman–Crippen LogP) is 0.390. The summed E-state index contributed by atoms with van der Waals surface area (Å²) in [7, 11) is 1.94. The summed E-state index contributed by atoms with van der Waals surface area (Å²) >= 11 is 7.55. The van der Waals surface area contributed by atoms with Crippen molar-refractivity contribution in [3.8, 4) is 0 Å². The molecule has 0 radical (unpaired) electrons. The van der Waals surface area contributed by atoms with Crippen molar-refractivity contribution in [3.63, 3.8) is 0 Å². The molecule has 0 aromatic heterocycles. The van der Waals surface area contributed by atoms with E-state index in [2.05, 4.69) is 12.2 Å². The smallest absolute Gasteiger partial charge is 0.237 e. The number of aliphatic hydroxyl groups is 3. The molecule has 4 N–H and O–H groups in total. The Kier molecular flexibility index (Phi) is 8.67. The molecule has 0 aromatic rings. The number of carbonyl (C=O) groups excluding carboxylic acids is 1. The fraction of sp³-hybridized carbons (Fsp3) is 0.944. The van der Waals surface area contributed by atoms with Gasteiger partial charge in [-0.1, -0.05) is 13.3 Å². The lowest BCUT2D eigenvalue weighted by Crippen LogP contribution is -2.65. The molecule has 2 saturated heterocycles. The Hall–Kier alpha value is -0.0900. The van der Waals surface area contributed by atoms with Crippen LogP contribution in [0.2, 0.25) is 0 Å². The molecule has 0 bridgehead atoms. The number of carbonyl (C=O) groups is 1. The highest BCUT2D eigenvalue weighted by molar-refractivity contribution is 7.99. The standard InChI is InChI=1S/C18H33ClN2O5S/c1-5-6-10-7-11(21(3)8-10)17(25)20-12(9(2)19)16-14(23)13(22)15(24)18(26-16)27-4/h9-16,18,22-24H,5-8H2,1-4H3,(H,20,25)/t9-,10+,11-,12-,13?,14?,15?,16?,18?/m1/s1. The van der Waals surface area contributed by atoms with Crippen LogP contribution in [0.3, 0.4) is 0 Å². The van der Waals surface area contributed by atoms with Gasteiger partial charge in [-0.25, -0.2) is 0 Å². The SMILES string of the molecule is CCC[C@H]1C[C@H](C(=O)N[C@@H](C2OC(SC)C(O)C(O)C2O)[C@@H](C)Cl)N(C)C1. The van der Waals surface area contributed by atoms with Crippen LogP contribution in [-0.4, -0.2) is 93.3 Å². The van der Waals surface area contributed by atoms with E-state index in [1.807, 2.05) is 11.9 Å². The molecular weight excluding hydrogens is 392 g/mol. The number of nitrogens with one attached hydrogen (secondary N) is 1. The first-order valence-corrected chi connectivity index (χ1v) is 11.3. The van der Waals surface area contributed by atoms with Crippen LogP contribution in [0.5, 0.6) is 0 Å². The number of likely N-dealkylation sites (tertiary alicyclic amines) is 1. The Labute approximate surface area is 170 Å². The summed E-state index contributed by atoms with van der Waals surface area (Å²) in [5.41, 5.74) is -0.702. The average Bonchev–Trinajstić information content (AvgIpc) is 2.99. The number of halogens is 1. The molecule has 0 aromatic carbocycles. The molecule has 2 aliphatic rings. The van der Waals surface area contributed by atoms with E-state index in [1.165, 1.54) is 11.8 Å². The number of likely N-dealkylation sites (N-methyl/N-ethyl adjacent to an activating group) is 1. The lowest BCUT2D eigenvalue weighted by Gasteiger charge is -2.44. The highest BCUT2D eigenvalue weighted by Crippen LogP contribution is 2.31. The number of hydrogen-bond donors (Lipinski definition) is 4. The molecule has 2 fully saturated rings. The molecule has 2 aliphatic heterocycles. The van der Waals surface area contributed by atoms with Crippen LogP contribution >= 0.6 is 23.4 Å². The van der Waals surface area contributed by atoms with Gasteiger partial charge in [-0.2, -0.15) is 0 Å². The monoisotopic (exact) mass is 424 g/mol. The lowest BCUT2D eigenvalue weighted by atomic mass is 9.92. The maximum Gasteiger partial charge on any atom is 0.237 e. The van der Waals surface area contributed by atoms with Gasteiger partial charge in [0.2, 0.25) is 5.91 Å². The molecule has 7 nitrogen and oxygen atoms in total. The summed E-state index contributed by atoms with van der Waals surface area (Å²) in [6, 6.07) is -0.934. The molecule has 158 valence electrons. The highest BCUT2D eigenvalue weighted by Gasteiger charge is 2.48. The molecule has 27 heavy (non-hydrogen) atoms. The molecule has 9 atom stereocenters. The van der Waals surface area contributed by atoms with Gasteiger partial charge >= 0.3 is 0 Å². The predicted molar refractivity (Wildman–Crippen MR) is 107 cm³/mol. The van der Waals surface area contributed by atoms with E-state index in [4.69, 9.17) is 16.3 Å². The van der Waals surface area contributed by atoms with Gasteiger partial charge in [-0.15, -0.1) is 23.4 Å². The maximum absolute atomic E-state index is 12.9. The largest absolute Gasteiger partial charge is 0.388 e. The average molecular weight is 425 g/mol. The van der Waals surface area contributed by atoms with E-state index < -0.39 is 41.3 Å². The van der Waals surface area contributed by atoms with Crippen molar-refractivity contribution >= 4 is 29.3 Å². The van der Waals surface area contributed by atoms with Crippen molar-refractivity contribution in [1.29, 1.82) is 0 Å². The van der Waals surface area contributed by atoms with Gasteiger partial charge < -0.3 is 25.4 Å². The quantitative estimate of drug-likeness (QED) is 0.438. The summed E-state index contributed by atoms with van der Waals surface area (Å²) in [4.78, 5) is 14.9. The van der Waals surface area contributed by atoms with Crippen molar-refractivity contribution in [1.82, 2.24) is 10.2 Å². The number of hydrogen-bond acceptors (Lipinski definition) is 7. The Morgan fingerprint density at radius 3 is 2.56 bits per heavy atom. The molecule has 2 rings (SSSR count). The van der Waals surface area contributed by atoms with Gasteiger partial charge in [0.05, 0.1) is 17.5 Å². The van der Waals surface area contributed by atoms with Crippen molar-refractivity contribution < 1.29 is 24.9 Å². The van der Waals surface area contributed by atoms with E-state index in [1.54, 1.807) is 13.2 Å². The van der Waals surface area contributed by atoms with Crippen molar-refractivity contribution in [2.24, 2.45) is 5.92 Å². The minimum Gasteiger partial charge on any atom is -0.388 e.